The molecule has 33 heavy (non-hydrogen) atoms. The molecule has 0 spiro atoms. The van der Waals surface area contributed by atoms with Gasteiger partial charge in [-0.15, -0.1) is 0 Å². The van der Waals surface area contributed by atoms with Crippen LogP contribution in [-0.2, 0) is 14.3 Å². The average molecular weight is 453 g/mol. The van der Waals surface area contributed by atoms with Crippen molar-refractivity contribution in [1.29, 1.82) is 0 Å². The maximum absolute atomic E-state index is 12.8. The maximum Gasteiger partial charge on any atom is 0.336 e. The summed E-state index contributed by atoms with van der Waals surface area (Å²) in [5.41, 5.74) is 1.38. The molecule has 0 heterocycles. The van der Waals surface area contributed by atoms with E-state index in [-0.39, 0.29) is 25.1 Å². The number of hydrogen-bond acceptors (Lipinski definition) is 5. The van der Waals surface area contributed by atoms with Gasteiger partial charge in [0.05, 0.1) is 13.1 Å². The number of ether oxygens (including phenoxy) is 2. The minimum Gasteiger partial charge on any atom is -0.451 e. The van der Waals surface area contributed by atoms with E-state index >= 15 is 0 Å². The van der Waals surface area contributed by atoms with Gasteiger partial charge in [0.25, 0.3) is 0 Å². The van der Waals surface area contributed by atoms with Crippen molar-refractivity contribution in [2.24, 2.45) is 5.92 Å². The molecule has 2 rings (SSSR count). The Bertz CT molecular complexity index is 780. The Hall–Kier alpha value is -2.31. The zero-order chi connectivity index (χ0) is 23.6. The lowest BCUT2D eigenvalue weighted by molar-refractivity contribution is -0.159. The largest absolute Gasteiger partial charge is 0.451 e. The highest BCUT2D eigenvalue weighted by Crippen LogP contribution is 2.37. The molecule has 1 aromatic carbocycles. The molecule has 0 amide bonds. The van der Waals surface area contributed by atoms with E-state index < -0.39 is 6.10 Å². The molecule has 1 fully saturated rings. The summed E-state index contributed by atoms with van der Waals surface area (Å²) in [5.74, 6) is 12.3. The van der Waals surface area contributed by atoms with Crippen molar-refractivity contribution < 1.29 is 14.3 Å². The fraction of sp³-hybridized carbons (Fsp3) is 0.607. The van der Waals surface area contributed by atoms with Gasteiger partial charge in [-0.25, -0.2) is 4.79 Å². The van der Waals surface area contributed by atoms with Crippen molar-refractivity contribution in [2.75, 3.05) is 39.4 Å². The quantitative estimate of drug-likeness (QED) is 0.286. The number of esters is 1. The number of carbonyl (C=O) groups is 1. The second kappa shape index (κ2) is 17.2. The molecule has 1 saturated carbocycles. The zero-order valence-corrected chi connectivity index (χ0v) is 20.3. The molecule has 0 aromatic heterocycles. The zero-order valence-electron chi connectivity index (χ0n) is 20.3. The number of hydrogen-bond donors (Lipinski definition) is 2. The van der Waals surface area contributed by atoms with Gasteiger partial charge in [0.15, 0.2) is 12.7 Å². The van der Waals surface area contributed by atoms with E-state index in [0.717, 1.165) is 51.6 Å². The standard InChI is InChI=1S/C28H40N2O3/c1-3-18-29-20-8-10-22-32-27(28(31)33-23-11-9-21-30-19-4-2)26-16-14-25(15-17-26)24-12-6-5-7-13-24/h5-7,12-13,25-27,29-30H,3-4,14-23H2,1-2H3/t25?,26?,27-/m0/s1. The lowest BCUT2D eigenvalue weighted by Crippen LogP contribution is -2.36. The summed E-state index contributed by atoms with van der Waals surface area (Å²) in [7, 11) is 0. The van der Waals surface area contributed by atoms with Crippen LogP contribution in [0.3, 0.4) is 0 Å². The Labute approximate surface area is 200 Å². The summed E-state index contributed by atoms with van der Waals surface area (Å²) in [5, 5.41) is 6.45. The molecule has 0 bridgehead atoms. The Morgan fingerprint density at radius 3 is 2.12 bits per heavy atom. The molecule has 5 heteroatoms. The van der Waals surface area contributed by atoms with Crippen LogP contribution in [0.15, 0.2) is 30.3 Å². The molecule has 2 N–H and O–H groups in total. The maximum atomic E-state index is 12.8. The van der Waals surface area contributed by atoms with E-state index in [0.29, 0.717) is 19.0 Å². The molecular formula is C28H40N2O3. The van der Waals surface area contributed by atoms with Crippen molar-refractivity contribution in [3.63, 3.8) is 0 Å². The highest BCUT2D eigenvalue weighted by atomic mass is 16.6. The van der Waals surface area contributed by atoms with Gasteiger partial charge in [-0.05, 0) is 69.0 Å². The summed E-state index contributed by atoms with van der Waals surface area (Å²) in [6.45, 7) is 7.69. The average Bonchev–Trinajstić information content (AvgIpc) is 2.86. The molecule has 0 unspecified atom stereocenters. The Kier molecular flexibility index (Phi) is 14.0. The van der Waals surface area contributed by atoms with Gasteiger partial charge in [-0.1, -0.05) is 67.9 Å². The van der Waals surface area contributed by atoms with E-state index in [1.54, 1.807) is 0 Å². The van der Waals surface area contributed by atoms with Crippen LogP contribution in [-0.4, -0.2) is 51.5 Å². The third kappa shape index (κ3) is 10.9. The monoisotopic (exact) mass is 452 g/mol. The molecular weight excluding hydrogens is 412 g/mol. The van der Waals surface area contributed by atoms with Crippen LogP contribution in [0.1, 0.15) is 63.9 Å². The van der Waals surface area contributed by atoms with E-state index in [1.165, 1.54) is 5.56 Å². The van der Waals surface area contributed by atoms with Gasteiger partial charge in [-0.3, -0.25) is 0 Å². The second-order valence-corrected chi connectivity index (χ2v) is 8.42. The first-order valence-electron chi connectivity index (χ1n) is 12.4. The molecule has 0 radical (unpaired) electrons. The van der Waals surface area contributed by atoms with Crippen LogP contribution in [0.2, 0.25) is 0 Å². The lowest BCUT2D eigenvalue weighted by Gasteiger charge is -2.32. The van der Waals surface area contributed by atoms with E-state index in [4.69, 9.17) is 9.47 Å². The molecule has 1 aromatic rings. The first-order chi connectivity index (χ1) is 16.3. The van der Waals surface area contributed by atoms with Crippen molar-refractivity contribution in [2.45, 2.75) is 64.4 Å². The third-order valence-electron chi connectivity index (χ3n) is 5.86. The summed E-state index contributed by atoms with van der Waals surface area (Å²) in [4.78, 5) is 12.8. The van der Waals surface area contributed by atoms with Crippen molar-refractivity contribution >= 4 is 5.97 Å². The molecule has 180 valence electrons. The first-order valence-corrected chi connectivity index (χ1v) is 12.4. The van der Waals surface area contributed by atoms with Crippen LogP contribution < -0.4 is 10.6 Å². The van der Waals surface area contributed by atoms with Gasteiger partial charge >= 0.3 is 5.97 Å². The fourth-order valence-corrected chi connectivity index (χ4v) is 4.08. The number of rotatable bonds is 12. The van der Waals surface area contributed by atoms with Gasteiger partial charge in [-0.2, -0.15) is 0 Å². The van der Waals surface area contributed by atoms with Gasteiger partial charge < -0.3 is 20.1 Å². The minimum absolute atomic E-state index is 0.0957. The predicted octanol–water partition coefficient (Wildman–Crippen LogP) is 3.89. The number of carbonyl (C=O) groups excluding carboxylic acids is 1. The predicted molar refractivity (Wildman–Crippen MR) is 134 cm³/mol. The lowest BCUT2D eigenvalue weighted by atomic mass is 9.76. The van der Waals surface area contributed by atoms with Crippen LogP contribution >= 0.6 is 0 Å². The number of benzene rings is 1. The summed E-state index contributed by atoms with van der Waals surface area (Å²) < 4.78 is 11.4. The summed E-state index contributed by atoms with van der Waals surface area (Å²) in [6, 6.07) is 10.6. The Morgan fingerprint density at radius 2 is 1.52 bits per heavy atom. The smallest absolute Gasteiger partial charge is 0.336 e. The van der Waals surface area contributed by atoms with Crippen LogP contribution in [0.4, 0.5) is 0 Å². The van der Waals surface area contributed by atoms with Crippen molar-refractivity contribution in [3.8, 4) is 23.7 Å². The first kappa shape index (κ1) is 26.9. The molecule has 1 aliphatic carbocycles. The highest BCUT2D eigenvalue weighted by Gasteiger charge is 2.34. The van der Waals surface area contributed by atoms with Gasteiger partial charge in [0.2, 0.25) is 0 Å². The van der Waals surface area contributed by atoms with Crippen LogP contribution in [0, 0.1) is 29.6 Å². The Balaban J connectivity index is 1.87. The fourth-order valence-electron chi connectivity index (χ4n) is 4.08. The second-order valence-electron chi connectivity index (χ2n) is 8.42. The highest BCUT2D eigenvalue weighted by molar-refractivity contribution is 5.75. The van der Waals surface area contributed by atoms with E-state index in [1.807, 2.05) is 0 Å². The van der Waals surface area contributed by atoms with E-state index in [2.05, 4.69) is 78.5 Å². The molecule has 1 atom stereocenters. The number of nitrogens with one attached hydrogen (secondary N) is 2. The molecule has 0 saturated heterocycles. The van der Waals surface area contributed by atoms with Crippen LogP contribution in [0.25, 0.3) is 0 Å². The van der Waals surface area contributed by atoms with Gasteiger partial charge in [0, 0.05) is 0 Å². The Morgan fingerprint density at radius 1 is 0.909 bits per heavy atom. The SMILES string of the molecule is CCCNCC#CCOC(=O)[C@@H](OCC#CCNCCC)C1CCC(c2ccccc2)CC1. The minimum atomic E-state index is -0.584. The summed E-state index contributed by atoms with van der Waals surface area (Å²) >= 11 is 0. The third-order valence-corrected chi connectivity index (χ3v) is 5.86. The van der Waals surface area contributed by atoms with Gasteiger partial charge in [0.1, 0.15) is 6.61 Å². The van der Waals surface area contributed by atoms with Crippen molar-refractivity contribution in [1.82, 2.24) is 10.6 Å². The molecule has 0 aliphatic heterocycles. The molecule has 1 aliphatic rings. The van der Waals surface area contributed by atoms with Crippen LogP contribution in [0.5, 0.6) is 0 Å². The normalized spacial score (nSPS) is 18.4. The molecule has 5 nitrogen and oxygen atoms in total. The van der Waals surface area contributed by atoms with E-state index in [9.17, 15) is 4.79 Å². The van der Waals surface area contributed by atoms with Crippen molar-refractivity contribution in [3.05, 3.63) is 35.9 Å². The topological polar surface area (TPSA) is 59.6 Å². The summed E-state index contributed by atoms with van der Waals surface area (Å²) in [6.07, 6.45) is 5.55.